The summed E-state index contributed by atoms with van der Waals surface area (Å²) in [4.78, 5) is 24.6. The van der Waals surface area contributed by atoms with Crippen LogP contribution in [0.3, 0.4) is 0 Å². The predicted molar refractivity (Wildman–Crippen MR) is 149 cm³/mol. The molecule has 10 heteroatoms. The molecule has 0 bridgehead atoms. The number of sulfonamides is 1. The first-order chi connectivity index (χ1) is 18.0. The van der Waals surface area contributed by atoms with Gasteiger partial charge < -0.3 is 10.1 Å². The highest BCUT2D eigenvalue weighted by Gasteiger charge is 2.21. The Bertz CT molecular complexity index is 1390. The summed E-state index contributed by atoms with van der Waals surface area (Å²) >= 11 is 0. The number of amides is 2. The molecule has 0 heterocycles. The van der Waals surface area contributed by atoms with Crippen LogP contribution in [0.1, 0.15) is 35.2 Å². The van der Waals surface area contributed by atoms with E-state index in [9.17, 15) is 18.0 Å². The molecule has 0 unspecified atom stereocenters. The predicted octanol–water partition coefficient (Wildman–Crippen LogP) is 3.48. The van der Waals surface area contributed by atoms with Gasteiger partial charge in [0.05, 0.1) is 24.2 Å². The van der Waals surface area contributed by atoms with Crippen LogP contribution in [0.15, 0.2) is 77.9 Å². The van der Waals surface area contributed by atoms with Gasteiger partial charge in [-0.1, -0.05) is 36.4 Å². The zero-order chi connectivity index (χ0) is 27.7. The summed E-state index contributed by atoms with van der Waals surface area (Å²) in [5, 5.41) is 6.80. The molecule has 3 rings (SSSR count). The van der Waals surface area contributed by atoms with Crippen molar-refractivity contribution in [3.63, 3.8) is 0 Å². The topological polar surface area (TPSA) is 117 Å². The lowest BCUT2D eigenvalue weighted by atomic mass is 10.1. The summed E-state index contributed by atoms with van der Waals surface area (Å²) in [6.07, 6.45) is 2.48. The van der Waals surface area contributed by atoms with Gasteiger partial charge in [0.1, 0.15) is 12.3 Å². The van der Waals surface area contributed by atoms with Crippen molar-refractivity contribution in [3.8, 4) is 5.75 Å². The van der Waals surface area contributed by atoms with E-state index in [1.807, 2.05) is 57.2 Å². The molecule has 0 aromatic heterocycles. The van der Waals surface area contributed by atoms with Gasteiger partial charge in [0.2, 0.25) is 10.0 Å². The number of carbonyl (C=O) groups is 2. The van der Waals surface area contributed by atoms with E-state index in [0.29, 0.717) is 17.0 Å². The second-order valence-electron chi connectivity index (χ2n) is 8.89. The number of nitrogens with zero attached hydrogens (tertiary/aromatic N) is 2. The molecule has 3 aromatic carbocycles. The number of rotatable bonds is 11. The Balaban J connectivity index is 1.49. The standard InChI is InChI=1S/C28H32N4O5S/c1-20-10-13-25(16-21(20)2)32(38(4,35)36)18-27(33)31-29-17-23-11-14-26(15-12-23)37-19-28(34)30-22(3)24-8-6-5-7-9-24/h5-17,22H,18-19H2,1-4H3,(H,30,34)(H,31,33)/b29-17-/t22-/m1/s1. The first-order valence-electron chi connectivity index (χ1n) is 12.0. The molecule has 0 aliphatic rings. The number of hydrazone groups is 1. The van der Waals surface area contributed by atoms with Crippen LogP contribution >= 0.6 is 0 Å². The lowest BCUT2D eigenvalue weighted by molar-refractivity contribution is -0.123. The summed E-state index contributed by atoms with van der Waals surface area (Å²) in [5.41, 5.74) is 6.39. The summed E-state index contributed by atoms with van der Waals surface area (Å²) < 4.78 is 31.1. The molecule has 0 fully saturated rings. The largest absolute Gasteiger partial charge is 0.484 e. The van der Waals surface area contributed by atoms with Gasteiger partial charge in [0.25, 0.3) is 11.8 Å². The van der Waals surface area contributed by atoms with E-state index in [1.165, 1.54) is 6.21 Å². The number of benzene rings is 3. The van der Waals surface area contributed by atoms with Gasteiger partial charge in [-0.15, -0.1) is 0 Å². The van der Waals surface area contributed by atoms with Crippen molar-refractivity contribution in [2.75, 3.05) is 23.7 Å². The quantitative estimate of drug-likeness (QED) is 0.288. The van der Waals surface area contributed by atoms with E-state index in [1.54, 1.807) is 36.4 Å². The fourth-order valence-corrected chi connectivity index (χ4v) is 4.38. The monoisotopic (exact) mass is 536 g/mol. The molecule has 1 atom stereocenters. The Morgan fingerprint density at radius 2 is 1.66 bits per heavy atom. The number of ether oxygens (including phenoxy) is 1. The van der Waals surface area contributed by atoms with Gasteiger partial charge in [0.15, 0.2) is 6.61 Å². The second-order valence-corrected chi connectivity index (χ2v) is 10.8. The summed E-state index contributed by atoms with van der Waals surface area (Å²) in [7, 11) is -3.68. The number of anilines is 1. The SMILES string of the molecule is Cc1ccc(N(CC(=O)N/N=C\c2ccc(OCC(=O)N[C@H](C)c3ccccc3)cc2)S(C)(=O)=O)cc1C. The summed E-state index contributed by atoms with van der Waals surface area (Å²) in [6.45, 7) is 5.17. The molecule has 9 nitrogen and oxygen atoms in total. The highest BCUT2D eigenvalue weighted by Crippen LogP contribution is 2.21. The zero-order valence-electron chi connectivity index (χ0n) is 21.8. The van der Waals surface area contributed by atoms with Crippen molar-refractivity contribution in [1.82, 2.24) is 10.7 Å². The van der Waals surface area contributed by atoms with Crippen molar-refractivity contribution in [2.45, 2.75) is 26.8 Å². The maximum atomic E-state index is 12.4. The normalized spacial score (nSPS) is 12.1. The van der Waals surface area contributed by atoms with Crippen molar-refractivity contribution in [2.24, 2.45) is 5.10 Å². The van der Waals surface area contributed by atoms with Crippen LogP contribution in [0.2, 0.25) is 0 Å². The Hall–Kier alpha value is -4.18. The van der Waals surface area contributed by atoms with E-state index in [2.05, 4.69) is 15.8 Å². The lowest BCUT2D eigenvalue weighted by Crippen LogP contribution is -2.39. The van der Waals surface area contributed by atoms with Crippen LogP contribution in [-0.2, 0) is 19.6 Å². The van der Waals surface area contributed by atoms with Crippen LogP contribution in [0.5, 0.6) is 5.75 Å². The number of aryl methyl sites for hydroxylation is 2. The van der Waals surface area contributed by atoms with Crippen molar-refractivity contribution in [3.05, 3.63) is 95.1 Å². The van der Waals surface area contributed by atoms with Gasteiger partial charge in [0, 0.05) is 0 Å². The second kappa shape index (κ2) is 12.9. The number of hydrogen-bond donors (Lipinski definition) is 2. The number of hydrogen-bond acceptors (Lipinski definition) is 6. The van der Waals surface area contributed by atoms with E-state index in [0.717, 1.165) is 27.3 Å². The fourth-order valence-electron chi connectivity index (χ4n) is 3.53. The van der Waals surface area contributed by atoms with Crippen molar-refractivity contribution in [1.29, 1.82) is 0 Å². The fraction of sp³-hybridized carbons (Fsp3) is 0.250. The maximum absolute atomic E-state index is 12.4. The maximum Gasteiger partial charge on any atom is 0.260 e. The van der Waals surface area contributed by atoms with Crippen LogP contribution in [0.4, 0.5) is 5.69 Å². The van der Waals surface area contributed by atoms with E-state index in [-0.39, 0.29) is 18.6 Å². The van der Waals surface area contributed by atoms with Gasteiger partial charge >= 0.3 is 0 Å². The molecule has 0 spiro atoms. The molecule has 0 aliphatic heterocycles. The Kier molecular flexibility index (Phi) is 9.61. The molecule has 3 aromatic rings. The van der Waals surface area contributed by atoms with Crippen LogP contribution in [-0.4, -0.2) is 45.9 Å². The minimum absolute atomic E-state index is 0.127. The number of carbonyl (C=O) groups excluding carboxylic acids is 2. The highest BCUT2D eigenvalue weighted by molar-refractivity contribution is 7.92. The van der Waals surface area contributed by atoms with Gasteiger partial charge in [-0.25, -0.2) is 13.8 Å². The molecule has 2 N–H and O–H groups in total. The van der Waals surface area contributed by atoms with Gasteiger partial charge in [-0.2, -0.15) is 5.10 Å². The van der Waals surface area contributed by atoms with Gasteiger partial charge in [-0.05, 0) is 79.4 Å². The molecule has 2 amide bonds. The van der Waals surface area contributed by atoms with Crippen LogP contribution in [0, 0.1) is 13.8 Å². The van der Waals surface area contributed by atoms with Crippen molar-refractivity contribution < 1.29 is 22.7 Å². The van der Waals surface area contributed by atoms with E-state index in [4.69, 9.17) is 4.74 Å². The average molecular weight is 537 g/mol. The molecule has 0 saturated heterocycles. The smallest absolute Gasteiger partial charge is 0.260 e. The first kappa shape index (κ1) is 28.4. The molecular weight excluding hydrogens is 504 g/mol. The van der Waals surface area contributed by atoms with Crippen molar-refractivity contribution >= 4 is 33.7 Å². The Labute approximate surface area is 223 Å². The minimum atomic E-state index is -3.68. The zero-order valence-corrected chi connectivity index (χ0v) is 22.7. The Morgan fingerprint density at radius 1 is 0.974 bits per heavy atom. The third-order valence-electron chi connectivity index (χ3n) is 5.80. The lowest BCUT2D eigenvalue weighted by Gasteiger charge is -2.22. The molecule has 38 heavy (non-hydrogen) atoms. The first-order valence-corrected chi connectivity index (χ1v) is 13.8. The molecular formula is C28H32N4O5S. The third-order valence-corrected chi connectivity index (χ3v) is 6.94. The Morgan fingerprint density at radius 3 is 2.29 bits per heavy atom. The van der Waals surface area contributed by atoms with Crippen LogP contribution < -0.4 is 19.8 Å². The van der Waals surface area contributed by atoms with E-state index < -0.39 is 22.5 Å². The average Bonchev–Trinajstić information content (AvgIpc) is 2.88. The van der Waals surface area contributed by atoms with Crippen LogP contribution in [0.25, 0.3) is 0 Å². The minimum Gasteiger partial charge on any atom is -0.484 e. The van der Waals surface area contributed by atoms with E-state index >= 15 is 0 Å². The molecule has 0 radical (unpaired) electrons. The highest BCUT2D eigenvalue weighted by atomic mass is 32.2. The number of nitrogens with one attached hydrogen (secondary N) is 2. The summed E-state index contributed by atoms with van der Waals surface area (Å²) in [6, 6.07) is 21.5. The summed E-state index contributed by atoms with van der Waals surface area (Å²) in [5.74, 6) is -0.315. The van der Waals surface area contributed by atoms with Gasteiger partial charge in [-0.3, -0.25) is 13.9 Å². The molecule has 0 saturated carbocycles. The molecule has 0 aliphatic carbocycles. The third kappa shape index (κ3) is 8.45. The molecule has 200 valence electrons.